The predicted octanol–water partition coefficient (Wildman–Crippen LogP) is 4.68. The summed E-state index contributed by atoms with van der Waals surface area (Å²) >= 11 is 7.67. The number of halogens is 1. The van der Waals surface area contributed by atoms with E-state index in [0.29, 0.717) is 22.4 Å². The van der Waals surface area contributed by atoms with Crippen LogP contribution in [0.5, 0.6) is 0 Å². The van der Waals surface area contributed by atoms with Crippen molar-refractivity contribution in [1.82, 2.24) is 15.4 Å². The molecule has 0 radical (unpaired) electrons. The highest BCUT2D eigenvalue weighted by Gasteiger charge is 2.20. The predicted molar refractivity (Wildman–Crippen MR) is 106 cm³/mol. The molecule has 3 N–H and O–H groups in total. The summed E-state index contributed by atoms with van der Waals surface area (Å²) in [6, 6.07) is 6.60. The normalized spacial score (nSPS) is 13.3. The fourth-order valence-electron chi connectivity index (χ4n) is 3.20. The van der Waals surface area contributed by atoms with Crippen molar-refractivity contribution in [2.24, 2.45) is 0 Å². The largest absolute Gasteiger partial charge is 0.337 e. The summed E-state index contributed by atoms with van der Waals surface area (Å²) in [5, 5.41) is 4.32. The molecule has 0 saturated heterocycles. The lowest BCUT2D eigenvalue weighted by atomic mass is 9.97. The number of aromatic nitrogens is 2. The molecule has 0 atom stereocenters. The monoisotopic (exact) mass is 387 g/mol. The number of fused-ring (bicyclic) bond motifs is 3. The molecule has 2 amide bonds. The Kier molecular flexibility index (Phi) is 4.65. The van der Waals surface area contributed by atoms with Gasteiger partial charge in [-0.1, -0.05) is 17.7 Å². The number of thiophene rings is 1. The fourth-order valence-corrected chi connectivity index (χ4v) is 4.70. The first-order valence-electron chi connectivity index (χ1n) is 8.47. The van der Waals surface area contributed by atoms with Gasteiger partial charge in [0.15, 0.2) is 5.82 Å². The van der Waals surface area contributed by atoms with E-state index in [1.807, 2.05) is 6.92 Å². The van der Waals surface area contributed by atoms with Gasteiger partial charge in [0.2, 0.25) is 0 Å². The van der Waals surface area contributed by atoms with Gasteiger partial charge in [0, 0.05) is 15.6 Å². The summed E-state index contributed by atoms with van der Waals surface area (Å²) in [6.45, 7) is 1.86. The third kappa shape index (κ3) is 3.45. The Morgan fingerprint density at radius 2 is 2.08 bits per heavy atom. The lowest BCUT2D eigenvalue weighted by molar-refractivity contribution is 0.254. The van der Waals surface area contributed by atoms with Gasteiger partial charge in [-0.05, 0) is 56.4 Å². The summed E-state index contributed by atoms with van der Waals surface area (Å²) in [4.78, 5) is 23.6. The standard InChI is InChI=1S/C18H18ClN5OS/c1-10-20-16(15-13-7-2-3-8-14(13)26-17(15)21-10)23-24-18(25)22-12-6-4-5-11(19)9-12/h4-6,9H,2-3,7-8H2,1H3,(H,20,21,23)(H2,22,24,25). The molecule has 26 heavy (non-hydrogen) atoms. The molecule has 4 rings (SSSR count). The van der Waals surface area contributed by atoms with Gasteiger partial charge in [0.1, 0.15) is 10.7 Å². The first-order valence-corrected chi connectivity index (χ1v) is 9.67. The van der Waals surface area contributed by atoms with Gasteiger partial charge in [-0.2, -0.15) is 0 Å². The minimum Gasteiger partial charge on any atom is -0.307 e. The Hall–Kier alpha value is -2.38. The van der Waals surface area contributed by atoms with E-state index in [4.69, 9.17) is 11.6 Å². The quantitative estimate of drug-likeness (QED) is 0.570. The number of benzene rings is 1. The minimum atomic E-state index is -0.388. The number of nitrogens with one attached hydrogen (secondary N) is 3. The van der Waals surface area contributed by atoms with Crippen LogP contribution >= 0.6 is 22.9 Å². The molecule has 1 aromatic carbocycles. The van der Waals surface area contributed by atoms with Gasteiger partial charge < -0.3 is 5.32 Å². The zero-order valence-corrected chi connectivity index (χ0v) is 15.8. The van der Waals surface area contributed by atoms with Gasteiger partial charge >= 0.3 is 6.03 Å². The van der Waals surface area contributed by atoms with Crippen LogP contribution in [0.15, 0.2) is 24.3 Å². The van der Waals surface area contributed by atoms with Crippen LogP contribution in [-0.4, -0.2) is 16.0 Å². The van der Waals surface area contributed by atoms with Crippen molar-refractivity contribution in [3.8, 4) is 0 Å². The number of hydrazine groups is 1. The van der Waals surface area contributed by atoms with Crippen LogP contribution in [0.4, 0.5) is 16.3 Å². The summed E-state index contributed by atoms with van der Waals surface area (Å²) in [5.41, 5.74) is 7.55. The number of carbonyl (C=O) groups is 1. The topological polar surface area (TPSA) is 78.9 Å². The van der Waals surface area contributed by atoms with Crippen molar-refractivity contribution in [2.45, 2.75) is 32.6 Å². The summed E-state index contributed by atoms with van der Waals surface area (Å²) in [5.74, 6) is 1.32. The highest BCUT2D eigenvalue weighted by molar-refractivity contribution is 7.19. The van der Waals surface area contributed by atoms with Crippen molar-refractivity contribution in [3.05, 3.63) is 45.6 Å². The Morgan fingerprint density at radius 1 is 1.23 bits per heavy atom. The lowest BCUT2D eigenvalue weighted by Crippen LogP contribution is -2.34. The third-order valence-corrected chi connectivity index (χ3v) is 5.72. The van der Waals surface area contributed by atoms with Crippen LogP contribution in [0, 0.1) is 6.92 Å². The Morgan fingerprint density at radius 3 is 2.92 bits per heavy atom. The van der Waals surface area contributed by atoms with Gasteiger partial charge in [0.05, 0.1) is 5.39 Å². The first kappa shape index (κ1) is 17.1. The van der Waals surface area contributed by atoms with Gasteiger partial charge in [-0.15, -0.1) is 11.3 Å². The van der Waals surface area contributed by atoms with E-state index >= 15 is 0 Å². The molecule has 3 aromatic rings. The average molecular weight is 388 g/mol. The molecule has 0 unspecified atom stereocenters. The molecular formula is C18H18ClN5OS. The van der Waals surface area contributed by atoms with Gasteiger partial charge in [-0.25, -0.2) is 14.8 Å². The van der Waals surface area contributed by atoms with E-state index in [1.54, 1.807) is 35.6 Å². The van der Waals surface area contributed by atoms with Crippen LogP contribution in [0.25, 0.3) is 10.2 Å². The summed E-state index contributed by atoms with van der Waals surface area (Å²) < 4.78 is 0. The lowest BCUT2D eigenvalue weighted by Gasteiger charge is -2.14. The number of nitrogens with zero attached hydrogens (tertiary/aromatic N) is 2. The van der Waals surface area contributed by atoms with Gasteiger partial charge in [-0.3, -0.25) is 10.9 Å². The van der Waals surface area contributed by atoms with Crippen LogP contribution < -0.4 is 16.2 Å². The Bertz CT molecular complexity index is 987. The number of anilines is 2. The van der Waals surface area contributed by atoms with E-state index in [0.717, 1.165) is 23.1 Å². The number of urea groups is 1. The minimum absolute atomic E-state index is 0.388. The zero-order chi connectivity index (χ0) is 18.1. The number of amides is 2. The first-order chi connectivity index (χ1) is 12.6. The highest BCUT2D eigenvalue weighted by Crippen LogP contribution is 2.38. The molecule has 8 heteroatoms. The maximum Gasteiger partial charge on any atom is 0.337 e. The Labute approximate surface area is 160 Å². The molecule has 0 aliphatic heterocycles. The molecule has 0 fully saturated rings. The van der Waals surface area contributed by atoms with Crippen molar-refractivity contribution in [1.29, 1.82) is 0 Å². The van der Waals surface area contributed by atoms with E-state index in [1.165, 1.54) is 23.3 Å². The second-order valence-corrected chi connectivity index (χ2v) is 7.75. The molecule has 134 valence electrons. The van der Waals surface area contributed by atoms with Gasteiger partial charge in [0.25, 0.3) is 0 Å². The maximum absolute atomic E-state index is 12.2. The van der Waals surface area contributed by atoms with E-state index < -0.39 is 0 Å². The van der Waals surface area contributed by atoms with Crippen LogP contribution in [-0.2, 0) is 12.8 Å². The van der Waals surface area contributed by atoms with Crippen molar-refractivity contribution in [3.63, 3.8) is 0 Å². The van der Waals surface area contributed by atoms with Crippen molar-refractivity contribution < 1.29 is 4.79 Å². The summed E-state index contributed by atoms with van der Waals surface area (Å²) in [6.07, 6.45) is 4.52. The molecular weight excluding hydrogens is 370 g/mol. The molecule has 1 aliphatic rings. The SMILES string of the molecule is Cc1nc(NNC(=O)Nc2cccc(Cl)c2)c2c3c(sc2n1)CCCC3. The molecule has 2 heterocycles. The molecule has 0 bridgehead atoms. The van der Waals surface area contributed by atoms with E-state index in [2.05, 4.69) is 26.1 Å². The number of rotatable bonds is 3. The molecule has 6 nitrogen and oxygen atoms in total. The van der Waals surface area contributed by atoms with Crippen LogP contribution in [0.1, 0.15) is 29.1 Å². The molecule has 0 saturated carbocycles. The van der Waals surface area contributed by atoms with Crippen LogP contribution in [0.3, 0.4) is 0 Å². The number of hydrogen-bond acceptors (Lipinski definition) is 5. The molecule has 1 aliphatic carbocycles. The second-order valence-electron chi connectivity index (χ2n) is 6.22. The highest BCUT2D eigenvalue weighted by atomic mass is 35.5. The average Bonchev–Trinajstić information content (AvgIpc) is 2.97. The Balaban J connectivity index is 1.55. The number of carbonyl (C=O) groups excluding carboxylic acids is 1. The third-order valence-electron chi connectivity index (χ3n) is 4.30. The number of hydrogen-bond donors (Lipinski definition) is 3. The fraction of sp³-hybridized carbons (Fsp3) is 0.278. The van der Waals surface area contributed by atoms with E-state index in [-0.39, 0.29) is 6.03 Å². The molecule has 2 aromatic heterocycles. The number of aryl methyl sites for hydroxylation is 3. The summed E-state index contributed by atoms with van der Waals surface area (Å²) in [7, 11) is 0. The smallest absolute Gasteiger partial charge is 0.307 e. The second kappa shape index (κ2) is 7.09. The molecule has 0 spiro atoms. The van der Waals surface area contributed by atoms with Crippen molar-refractivity contribution >= 4 is 50.7 Å². The van der Waals surface area contributed by atoms with Crippen molar-refractivity contribution in [2.75, 3.05) is 10.7 Å². The van der Waals surface area contributed by atoms with Crippen LogP contribution in [0.2, 0.25) is 5.02 Å². The zero-order valence-electron chi connectivity index (χ0n) is 14.2. The maximum atomic E-state index is 12.2. The van der Waals surface area contributed by atoms with E-state index in [9.17, 15) is 4.79 Å².